The summed E-state index contributed by atoms with van der Waals surface area (Å²) < 4.78 is 0. The highest BCUT2D eigenvalue weighted by atomic mass is 16.4. The third kappa shape index (κ3) is 3.02. The molecule has 0 atom stereocenters. The molecule has 1 aromatic rings. The summed E-state index contributed by atoms with van der Waals surface area (Å²) in [6.45, 7) is 1.74. The number of carbonyl (C=O) groups is 1. The maximum atomic E-state index is 11.1. The lowest BCUT2D eigenvalue weighted by atomic mass is 10.1. The number of pyridine rings is 1. The number of hydrogen-bond acceptors (Lipinski definition) is 4. The van der Waals surface area contributed by atoms with Crippen LogP contribution in [-0.2, 0) is 4.79 Å². The molecule has 0 saturated heterocycles. The molecule has 2 rings (SSSR count). The predicted octanol–water partition coefficient (Wildman–Crippen LogP) is 2.10. The second-order valence-corrected chi connectivity index (χ2v) is 4.90. The summed E-state index contributed by atoms with van der Waals surface area (Å²) in [5, 5.41) is 18.3. The summed E-state index contributed by atoms with van der Waals surface area (Å²) in [5.74, 6) is -0.379. The molecule has 5 nitrogen and oxygen atoms in total. The van der Waals surface area contributed by atoms with Gasteiger partial charge in [0.05, 0.1) is 5.56 Å². The molecule has 0 unspecified atom stereocenters. The Hall–Kier alpha value is -2.09. The lowest BCUT2D eigenvalue weighted by Gasteiger charge is -2.29. The van der Waals surface area contributed by atoms with Crippen molar-refractivity contribution in [3.8, 4) is 6.07 Å². The van der Waals surface area contributed by atoms with E-state index in [1.165, 1.54) is 0 Å². The number of hydrogen-bond donors (Lipinski definition) is 1. The molecule has 0 amide bonds. The van der Waals surface area contributed by atoms with Gasteiger partial charge in [-0.2, -0.15) is 5.26 Å². The number of carboxylic acids is 1. The second kappa shape index (κ2) is 5.70. The Balaban J connectivity index is 2.39. The van der Waals surface area contributed by atoms with Crippen LogP contribution in [0.4, 0.5) is 5.82 Å². The predicted molar refractivity (Wildman–Crippen MR) is 70.9 cm³/mol. The molecule has 19 heavy (non-hydrogen) atoms. The number of rotatable bonds is 4. The summed E-state index contributed by atoms with van der Waals surface area (Å²) in [5.41, 5.74) is 1.24. The normalized spacial score (nSPS) is 15.2. The molecule has 5 heteroatoms. The number of aryl methyl sites for hydroxylation is 1. The van der Waals surface area contributed by atoms with E-state index in [2.05, 4.69) is 11.1 Å². The van der Waals surface area contributed by atoms with E-state index >= 15 is 0 Å². The minimum absolute atomic E-state index is 0.101. The largest absolute Gasteiger partial charge is 0.480 e. The lowest BCUT2D eigenvalue weighted by Crippen LogP contribution is -2.38. The lowest BCUT2D eigenvalue weighted by molar-refractivity contribution is -0.135. The van der Waals surface area contributed by atoms with Gasteiger partial charge in [0.1, 0.15) is 18.4 Å². The molecule has 1 aliphatic carbocycles. The van der Waals surface area contributed by atoms with Crippen molar-refractivity contribution < 1.29 is 9.90 Å². The highest BCUT2D eigenvalue weighted by molar-refractivity contribution is 5.74. The van der Waals surface area contributed by atoms with Crippen molar-refractivity contribution in [3.05, 3.63) is 23.4 Å². The first-order valence-corrected chi connectivity index (χ1v) is 6.48. The summed E-state index contributed by atoms with van der Waals surface area (Å²) in [7, 11) is 0. The molecule has 0 aliphatic heterocycles. The first-order valence-electron chi connectivity index (χ1n) is 6.48. The Labute approximate surface area is 112 Å². The molecule has 0 bridgehead atoms. The van der Waals surface area contributed by atoms with E-state index in [0.717, 1.165) is 31.4 Å². The molecular weight excluding hydrogens is 242 g/mol. The molecular formula is C14H17N3O2. The third-order valence-electron chi connectivity index (χ3n) is 3.48. The van der Waals surface area contributed by atoms with Gasteiger partial charge in [0.15, 0.2) is 0 Å². The molecule has 1 saturated carbocycles. The molecule has 100 valence electrons. The molecule has 1 aromatic heterocycles. The van der Waals surface area contributed by atoms with E-state index in [0.29, 0.717) is 11.4 Å². The summed E-state index contributed by atoms with van der Waals surface area (Å²) in [6, 6.07) is 5.76. The van der Waals surface area contributed by atoms with E-state index in [9.17, 15) is 10.1 Å². The van der Waals surface area contributed by atoms with Gasteiger partial charge in [-0.05, 0) is 31.9 Å². The number of anilines is 1. The van der Waals surface area contributed by atoms with Gasteiger partial charge in [-0.15, -0.1) is 0 Å². The van der Waals surface area contributed by atoms with E-state index in [1.807, 2.05) is 6.92 Å². The molecule has 1 N–H and O–H groups in total. The Morgan fingerprint density at radius 1 is 1.53 bits per heavy atom. The van der Waals surface area contributed by atoms with Crippen molar-refractivity contribution in [2.24, 2.45) is 0 Å². The summed E-state index contributed by atoms with van der Waals surface area (Å²) >= 11 is 0. The van der Waals surface area contributed by atoms with Crippen molar-refractivity contribution in [1.82, 2.24) is 4.98 Å². The zero-order valence-corrected chi connectivity index (χ0v) is 11.0. The SMILES string of the molecule is Cc1ccc(C#N)c(N(CC(=O)O)C2CCCC2)n1. The maximum Gasteiger partial charge on any atom is 0.323 e. The van der Waals surface area contributed by atoms with Gasteiger partial charge < -0.3 is 10.0 Å². The van der Waals surface area contributed by atoms with Crippen LogP contribution in [0.2, 0.25) is 0 Å². The monoisotopic (exact) mass is 259 g/mol. The second-order valence-electron chi connectivity index (χ2n) is 4.90. The highest BCUT2D eigenvalue weighted by Gasteiger charge is 2.27. The first-order chi connectivity index (χ1) is 9.11. The van der Waals surface area contributed by atoms with Crippen LogP contribution in [0.1, 0.15) is 36.9 Å². The standard InChI is InChI=1S/C14H17N3O2/c1-10-6-7-11(8-15)14(16-10)17(9-13(18)19)12-4-2-3-5-12/h6-7,12H,2-5,9H2,1H3,(H,18,19). The number of aliphatic carboxylic acids is 1. The van der Waals surface area contributed by atoms with Crippen LogP contribution in [0.5, 0.6) is 0 Å². The van der Waals surface area contributed by atoms with Gasteiger partial charge in [-0.3, -0.25) is 4.79 Å². The Morgan fingerprint density at radius 3 is 2.79 bits per heavy atom. The van der Waals surface area contributed by atoms with Crippen LogP contribution < -0.4 is 4.90 Å². The summed E-state index contributed by atoms with van der Waals surface area (Å²) in [4.78, 5) is 17.2. The van der Waals surface area contributed by atoms with Gasteiger partial charge in [0.25, 0.3) is 0 Å². The molecule has 0 spiro atoms. The quantitative estimate of drug-likeness (QED) is 0.895. The first kappa shape index (κ1) is 13.3. The van der Waals surface area contributed by atoms with Crippen molar-refractivity contribution in [3.63, 3.8) is 0 Å². The average molecular weight is 259 g/mol. The van der Waals surface area contributed by atoms with Crippen LogP contribution in [0.3, 0.4) is 0 Å². The Morgan fingerprint density at radius 2 is 2.21 bits per heavy atom. The smallest absolute Gasteiger partial charge is 0.323 e. The minimum Gasteiger partial charge on any atom is -0.480 e. The fraction of sp³-hybridized carbons (Fsp3) is 0.500. The van der Waals surface area contributed by atoms with Crippen LogP contribution in [-0.4, -0.2) is 28.6 Å². The topological polar surface area (TPSA) is 77.2 Å². The van der Waals surface area contributed by atoms with Crippen molar-refractivity contribution >= 4 is 11.8 Å². The van der Waals surface area contributed by atoms with Crippen LogP contribution in [0, 0.1) is 18.3 Å². The molecule has 1 heterocycles. The summed E-state index contributed by atoms with van der Waals surface area (Å²) in [6.07, 6.45) is 4.14. The van der Waals surface area contributed by atoms with Gasteiger partial charge in [-0.1, -0.05) is 12.8 Å². The van der Waals surface area contributed by atoms with Gasteiger partial charge >= 0.3 is 5.97 Å². The van der Waals surface area contributed by atoms with Crippen LogP contribution >= 0.6 is 0 Å². The number of nitrogens with zero attached hydrogens (tertiary/aromatic N) is 3. The van der Waals surface area contributed by atoms with Crippen molar-refractivity contribution in [2.45, 2.75) is 38.6 Å². The zero-order valence-electron chi connectivity index (χ0n) is 11.0. The van der Waals surface area contributed by atoms with Gasteiger partial charge in [0, 0.05) is 11.7 Å². The van der Waals surface area contributed by atoms with Gasteiger partial charge in [0.2, 0.25) is 0 Å². The highest BCUT2D eigenvalue weighted by Crippen LogP contribution is 2.29. The van der Waals surface area contributed by atoms with E-state index in [1.54, 1.807) is 17.0 Å². The Bertz CT molecular complexity index is 516. The van der Waals surface area contributed by atoms with E-state index in [-0.39, 0.29) is 12.6 Å². The minimum atomic E-state index is -0.890. The van der Waals surface area contributed by atoms with Crippen molar-refractivity contribution in [1.29, 1.82) is 5.26 Å². The van der Waals surface area contributed by atoms with Gasteiger partial charge in [-0.25, -0.2) is 4.98 Å². The maximum absolute atomic E-state index is 11.1. The average Bonchev–Trinajstić information content (AvgIpc) is 2.89. The number of aromatic nitrogens is 1. The van der Waals surface area contributed by atoms with Crippen LogP contribution in [0.25, 0.3) is 0 Å². The fourth-order valence-electron chi connectivity index (χ4n) is 2.59. The molecule has 1 aliphatic rings. The molecule has 1 fully saturated rings. The Kier molecular flexibility index (Phi) is 4.00. The van der Waals surface area contributed by atoms with E-state index < -0.39 is 5.97 Å². The zero-order chi connectivity index (χ0) is 13.8. The number of nitriles is 1. The van der Waals surface area contributed by atoms with Crippen LogP contribution in [0.15, 0.2) is 12.1 Å². The molecule has 0 radical (unpaired) electrons. The van der Waals surface area contributed by atoms with Crippen molar-refractivity contribution in [2.75, 3.05) is 11.4 Å². The third-order valence-corrected chi connectivity index (χ3v) is 3.48. The fourth-order valence-corrected chi connectivity index (χ4v) is 2.59. The number of carboxylic acid groups (broad SMARTS) is 1. The molecule has 0 aromatic carbocycles. The van der Waals surface area contributed by atoms with E-state index in [4.69, 9.17) is 5.11 Å².